The molecule has 2 aromatic rings. The molecule has 5 nitrogen and oxygen atoms in total. The zero-order chi connectivity index (χ0) is 17.6. The van der Waals surface area contributed by atoms with Gasteiger partial charge in [-0.25, -0.2) is 0 Å². The molecular formula is C20H20N2O3. The average Bonchev–Trinajstić information content (AvgIpc) is 2.93. The van der Waals surface area contributed by atoms with Crippen molar-refractivity contribution < 1.29 is 14.3 Å². The minimum Gasteiger partial charge on any atom is -0.482 e. The van der Waals surface area contributed by atoms with Crippen molar-refractivity contribution >= 4 is 23.2 Å². The van der Waals surface area contributed by atoms with Crippen molar-refractivity contribution in [3.8, 4) is 5.75 Å². The number of hydrogen-bond acceptors (Lipinski definition) is 3. The molecule has 2 amide bonds. The van der Waals surface area contributed by atoms with Crippen LogP contribution in [0.25, 0.3) is 0 Å². The first-order chi connectivity index (χ1) is 12.0. The van der Waals surface area contributed by atoms with Gasteiger partial charge >= 0.3 is 0 Å². The molecule has 0 bridgehead atoms. The number of carbonyl (C=O) groups is 2. The van der Waals surface area contributed by atoms with Crippen molar-refractivity contribution in [3.05, 3.63) is 53.6 Å². The van der Waals surface area contributed by atoms with Crippen LogP contribution in [0.3, 0.4) is 0 Å². The molecule has 4 rings (SSSR count). The minimum absolute atomic E-state index is 0.0251. The number of hydrogen-bond donors (Lipinski definition) is 0. The lowest BCUT2D eigenvalue weighted by Crippen LogP contribution is -2.48. The third-order valence-electron chi connectivity index (χ3n) is 4.83. The first kappa shape index (κ1) is 15.7. The summed E-state index contributed by atoms with van der Waals surface area (Å²) in [5.74, 6) is 0.389. The van der Waals surface area contributed by atoms with Crippen LogP contribution in [0.1, 0.15) is 18.1 Å². The summed E-state index contributed by atoms with van der Waals surface area (Å²) in [4.78, 5) is 28.8. The highest BCUT2D eigenvalue weighted by Gasteiger charge is 2.34. The summed E-state index contributed by atoms with van der Waals surface area (Å²) in [6.07, 6.45) is 0.842. The molecule has 0 aliphatic carbocycles. The second-order valence-electron chi connectivity index (χ2n) is 6.69. The number of ether oxygens (including phenoxy) is 1. The molecule has 0 aromatic heterocycles. The van der Waals surface area contributed by atoms with Crippen LogP contribution in [-0.2, 0) is 16.0 Å². The van der Waals surface area contributed by atoms with Crippen molar-refractivity contribution in [3.63, 3.8) is 0 Å². The van der Waals surface area contributed by atoms with Gasteiger partial charge in [0.15, 0.2) is 6.61 Å². The molecule has 5 heteroatoms. The fourth-order valence-corrected chi connectivity index (χ4v) is 3.64. The SMILES string of the molecule is Cc1ccc2c(c1)N(CC(=O)N1c3ccccc3CC1C)C(=O)CO2. The number of fused-ring (bicyclic) bond motifs is 2. The summed E-state index contributed by atoms with van der Waals surface area (Å²) in [7, 11) is 0. The molecule has 0 N–H and O–H groups in total. The van der Waals surface area contributed by atoms with E-state index in [0.717, 1.165) is 17.7 Å². The molecule has 1 atom stereocenters. The van der Waals surface area contributed by atoms with Gasteiger partial charge in [-0.3, -0.25) is 14.5 Å². The van der Waals surface area contributed by atoms with Crippen molar-refractivity contribution in [1.82, 2.24) is 0 Å². The van der Waals surface area contributed by atoms with E-state index in [2.05, 4.69) is 6.07 Å². The van der Waals surface area contributed by atoms with Gasteiger partial charge in [-0.15, -0.1) is 0 Å². The Morgan fingerprint density at radius 3 is 2.84 bits per heavy atom. The van der Waals surface area contributed by atoms with E-state index in [1.807, 2.05) is 55.1 Å². The number of rotatable bonds is 2. The van der Waals surface area contributed by atoms with E-state index in [0.29, 0.717) is 11.4 Å². The van der Waals surface area contributed by atoms with E-state index in [4.69, 9.17) is 4.74 Å². The average molecular weight is 336 g/mol. The summed E-state index contributed by atoms with van der Waals surface area (Å²) in [6.45, 7) is 3.99. The second kappa shape index (κ2) is 5.92. The number of benzene rings is 2. The lowest BCUT2D eigenvalue weighted by atomic mass is 10.1. The van der Waals surface area contributed by atoms with E-state index in [1.165, 1.54) is 5.56 Å². The summed E-state index contributed by atoms with van der Waals surface area (Å²) in [6, 6.07) is 13.7. The van der Waals surface area contributed by atoms with E-state index >= 15 is 0 Å². The number of aryl methyl sites for hydroxylation is 1. The number of carbonyl (C=O) groups excluding carboxylic acids is 2. The summed E-state index contributed by atoms with van der Waals surface area (Å²) in [5, 5.41) is 0. The zero-order valence-corrected chi connectivity index (χ0v) is 14.4. The van der Waals surface area contributed by atoms with Crippen LogP contribution < -0.4 is 14.5 Å². The monoisotopic (exact) mass is 336 g/mol. The maximum atomic E-state index is 13.0. The maximum absolute atomic E-state index is 13.0. The summed E-state index contributed by atoms with van der Waals surface area (Å²) in [5.41, 5.74) is 3.82. The normalized spacial score (nSPS) is 18.6. The zero-order valence-electron chi connectivity index (χ0n) is 14.4. The van der Waals surface area contributed by atoms with Gasteiger partial charge in [0, 0.05) is 11.7 Å². The molecule has 0 saturated heterocycles. The fourth-order valence-electron chi connectivity index (χ4n) is 3.64. The Balaban J connectivity index is 1.64. The Bertz CT molecular complexity index is 862. The molecule has 0 radical (unpaired) electrons. The van der Waals surface area contributed by atoms with Crippen LogP contribution in [0, 0.1) is 6.92 Å². The Kier molecular flexibility index (Phi) is 3.71. The van der Waals surface area contributed by atoms with Gasteiger partial charge in [-0.05, 0) is 49.6 Å². The molecular weight excluding hydrogens is 316 g/mol. The lowest BCUT2D eigenvalue weighted by molar-refractivity contribution is -0.124. The maximum Gasteiger partial charge on any atom is 0.265 e. The summed E-state index contributed by atoms with van der Waals surface area (Å²) >= 11 is 0. The van der Waals surface area contributed by atoms with Crippen LogP contribution in [0.4, 0.5) is 11.4 Å². The minimum atomic E-state index is -0.188. The largest absolute Gasteiger partial charge is 0.482 e. The molecule has 2 aromatic carbocycles. The summed E-state index contributed by atoms with van der Waals surface area (Å²) < 4.78 is 5.49. The van der Waals surface area contributed by atoms with Crippen molar-refractivity contribution in [1.29, 1.82) is 0 Å². The molecule has 2 aliphatic rings. The Morgan fingerprint density at radius 1 is 1.20 bits per heavy atom. The van der Waals surface area contributed by atoms with Crippen LogP contribution in [-0.4, -0.2) is 31.0 Å². The molecule has 1 unspecified atom stereocenters. The predicted octanol–water partition coefficient (Wildman–Crippen LogP) is 2.70. The van der Waals surface area contributed by atoms with Crippen molar-refractivity contribution in [2.45, 2.75) is 26.3 Å². The third-order valence-corrected chi connectivity index (χ3v) is 4.83. The Morgan fingerprint density at radius 2 is 2.00 bits per heavy atom. The fraction of sp³-hybridized carbons (Fsp3) is 0.300. The Hall–Kier alpha value is -2.82. The van der Waals surface area contributed by atoms with E-state index in [9.17, 15) is 9.59 Å². The quantitative estimate of drug-likeness (QED) is 0.847. The van der Waals surface area contributed by atoms with Crippen molar-refractivity contribution in [2.24, 2.45) is 0 Å². The van der Waals surface area contributed by atoms with Crippen molar-refractivity contribution in [2.75, 3.05) is 23.0 Å². The number of para-hydroxylation sites is 1. The number of anilines is 2. The first-order valence-corrected chi connectivity index (χ1v) is 8.48. The number of amides is 2. The number of nitrogens with zero attached hydrogens (tertiary/aromatic N) is 2. The predicted molar refractivity (Wildman–Crippen MR) is 96.1 cm³/mol. The van der Waals surface area contributed by atoms with Gasteiger partial charge in [0.05, 0.1) is 5.69 Å². The molecule has 128 valence electrons. The van der Waals surface area contributed by atoms with Gasteiger partial charge < -0.3 is 9.64 Å². The van der Waals surface area contributed by atoms with E-state index < -0.39 is 0 Å². The molecule has 0 fully saturated rings. The molecule has 0 saturated carbocycles. The molecule has 2 heterocycles. The highest BCUT2D eigenvalue weighted by Crippen LogP contribution is 2.35. The van der Waals surface area contributed by atoms with Gasteiger partial charge in [-0.1, -0.05) is 24.3 Å². The Labute approximate surface area is 146 Å². The van der Waals surface area contributed by atoms with Crippen LogP contribution in [0.15, 0.2) is 42.5 Å². The second-order valence-corrected chi connectivity index (χ2v) is 6.69. The standard InChI is InChI=1S/C20H20N2O3/c1-13-7-8-18-17(9-13)21(20(24)12-25-18)11-19(23)22-14(2)10-15-5-3-4-6-16(15)22/h3-9,14H,10-12H2,1-2H3. The molecule has 25 heavy (non-hydrogen) atoms. The first-order valence-electron chi connectivity index (χ1n) is 8.48. The van der Waals surface area contributed by atoms with E-state index in [1.54, 1.807) is 4.90 Å². The van der Waals surface area contributed by atoms with Gasteiger partial charge in [0.25, 0.3) is 5.91 Å². The van der Waals surface area contributed by atoms with Gasteiger partial charge in [-0.2, -0.15) is 0 Å². The van der Waals surface area contributed by atoms with Crippen LogP contribution in [0.2, 0.25) is 0 Å². The smallest absolute Gasteiger partial charge is 0.265 e. The van der Waals surface area contributed by atoms with Crippen LogP contribution >= 0.6 is 0 Å². The van der Waals surface area contributed by atoms with Gasteiger partial charge in [0.1, 0.15) is 12.3 Å². The lowest BCUT2D eigenvalue weighted by Gasteiger charge is -2.31. The van der Waals surface area contributed by atoms with Gasteiger partial charge in [0.2, 0.25) is 5.91 Å². The molecule has 2 aliphatic heterocycles. The topological polar surface area (TPSA) is 49.9 Å². The third kappa shape index (κ3) is 2.65. The van der Waals surface area contributed by atoms with Crippen LogP contribution in [0.5, 0.6) is 5.75 Å². The molecule has 0 spiro atoms. The van der Waals surface area contributed by atoms with E-state index in [-0.39, 0.29) is 31.0 Å². The highest BCUT2D eigenvalue weighted by atomic mass is 16.5. The highest BCUT2D eigenvalue weighted by molar-refractivity contribution is 6.06.